The first-order chi connectivity index (χ1) is 15.1. The van der Waals surface area contributed by atoms with Gasteiger partial charge in [-0.05, 0) is 32.8 Å². The number of aliphatic hydroxyl groups is 1. The Morgan fingerprint density at radius 2 is 1.88 bits per heavy atom. The fraction of sp³-hybridized carbons (Fsp3) is 0.522. The largest absolute Gasteiger partial charge is 0.454 e. The van der Waals surface area contributed by atoms with Gasteiger partial charge in [0.2, 0.25) is 18.1 Å². The van der Waals surface area contributed by atoms with Crippen LogP contribution < -0.4 is 25.5 Å². The molecule has 1 aliphatic heterocycles. The smallest absolute Gasteiger partial charge is 0.257 e. The molecule has 3 rings (SSSR count). The van der Waals surface area contributed by atoms with E-state index in [4.69, 9.17) is 9.47 Å². The zero-order chi connectivity index (χ0) is 23.6. The average molecular weight is 446 g/mol. The zero-order valence-corrected chi connectivity index (χ0v) is 19.2. The van der Waals surface area contributed by atoms with Crippen LogP contribution in [-0.2, 0) is 11.3 Å². The van der Waals surface area contributed by atoms with Crippen molar-refractivity contribution in [1.29, 1.82) is 0 Å². The molecule has 9 nitrogen and oxygen atoms in total. The maximum atomic E-state index is 13.2. The van der Waals surface area contributed by atoms with Crippen molar-refractivity contribution in [1.82, 2.24) is 15.2 Å². The number of pyridine rings is 1. The molecule has 2 amide bonds. The van der Waals surface area contributed by atoms with E-state index in [1.165, 1.54) is 6.20 Å². The zero-order valence-electron chi connectivity index (χ0n) is 19.2. The Kier molecular flexibility index (Phi) is 6.78. The van der Waals surface area contributed by atoms with Crippen LogP contribution in [0.3, 0.4) is 0 Å². The first-order valence-electron chi connectivity index (χ1n) is 10.8. The van der Waals surface area contributed by atoms with Crippen molar-refractivity contribution < 1.29 is 24.2 Å². The molecular weight excluding hydrogens is 414 g/mol. The van der Waals surface area contributed by atoms with Gasteiger partial charge in [-0.15, -0.1) is 0 Å². The summed E-state index contributed by atoms with van der Waals surface area (Å²) in [6, 6.07) is 2.46. The molecule has 0 bridgehead atoms. The van der Waals surface area contributed by atoms with Crippen LogP contribution >= 0.6 is 0 Å². The predicted molar refractivity (Wildman–Crippen MR) is 120 cm³/mol. The Morgan fingerprint density at radius 3 is 2.47 bits per heavy atom. The van der Waals surface area contributed by atoms with E-state index in [1.54, 1.807) is 30.5 Å². The van der Waals surface area contributed by atoms with Crippen molar-refractivity contribution in [3.8, 4) is 11.5 Å². The molecular formula is C23H31N3O6. The number of benzene rings is 1. The lowest BCUT2D eigenvalue weighted by Gasteiger charge is -2.29. The van der Waals surface area contributed by atoms with E-state index in [0.29, 0.717) is 35.4 Å². The van der Waals surface area contributed by atoms with Gasteiger partial charge in [-0.1, -0.05) is 20.3 Å². The number of carbonyl (C=O) groups excluding carboxylic acids is 2. The van der Waals surface area contributed by atoms with Gasteiger partial charge < -0.3 is 29.8 Å². The second kappa shape index (κ2) is 9.20. The van der Waals surface area contributed by atoms with Crippen LogP contribution in [0.25, 0.3) is 10.9 Å². The van der Waals surface area contributed by atoms with Gasteiger partial charge in [0, 0.05) is 18.8 Å². The minimum Gasteiger partial charge on any atom is -0.454 e. The molecule has 3 N–H and O–H groups in total. The summed E-state index contributed by atoms with van der Waals surface area (Å²) in [5.74, 6) is -0.212. The standard InChI is InChI=1S/C23H31N3O6/c1-6-13(3)19(22(30)25-23(4,5)11-27)24-21(29)15-10-26(7-2)16-9-18-17(31-12-32-18)8-14(16)20(15)28/h8-10,13,19,27H,6-7,11-12H2,1-5H3,(H,24,29)(H,25,30)/t13?,19-/m1/s1. The Labute approximate surface area is 186 Å². The van der Waals surface area contributed by atoms with E-state index in [2.05, 4.69) is 10.6 Å². The van der Waals surface area contributed by atoms with E-state index in [1.807, 2.05) is 20.8 Å². The molecule has 0 saturated carbocycles. The van der Waals surface area contributed by atoms with Gasteiger partial charge in [0.15, 0.2) is 11.5 Å². The molecule has 2 atom stereocenters. The number of aryl methyl sites for hydroxylation is 1. The summed E-state index contributed by atoms with van der Waals surface area (Å²) >= 11 is 0. The number of hydrogen-bond acceptors (Lipinski definition) is 6. The van der Waals surface area contributed by atoms with Gasteiger partial charge in [0.1, 0.15) is 11.6 Å². The van der Waals surface area contributed by atoms with E-state index in [9.17, 15) is 19.5 Å². The highest BCUT2D eigenvalue weighted by Crippen LogP contribution is 2.35. The molecule has 9 heteroatoms. The molecule has 2 heterocycles. The fourth-order valence-electron chi connectivity index (χ4n) is 3.57. The third kappa shape index (κ3) is 4.57. The lowest BCUT2D eigenvalue weighted by Crippen LogP contribution is -2.56. The molecule has 32 heavy (non-hydrogen) atoms. The predicted octanol–water partition coefficient (Wildman–Crippen LogP) is 1.78. The molecule has 0 spiro atoms. The highest BCUT2D eigenvalue weighted by molar-refractivity contribution is 6.00. The number of rotatable bonds is 8. The van der Waals surface area contributed by atoms with Gasteiger partial charge in [0.05, 0.1) is 23.0 Å². The number of aliphatic hydroxyl groups excluding tert-OH is 1. The molecule has 0 fully saturated rings. The summed E-state index contributed by atoms with van der Waals surface area (Å²) in [5.41, 5.74) is -0.701. The second-order valence-corrected chi connectivity index (χ2v) is 8.75. The summed E-state index contributed by atoms with van der Waals surface area (Å²) in [6.07, 6.45) is 2.14. The third-order valence-electron chi connectivity index (χ3n) is 5.80. The Hall–Kier alpha value is -3.07. The Balaban J connectivity index is 1.99. The third-order valence-corrected chi connectivity index (χ3v) is 5.80. The SMILES string of the molecule is CCC(C)[C@@H](NC(=O)c1cn(CC)c2cc3c(cc2c1=O)OCO3)C(=O)NC(C)(C)CO. The minimum absolute atomic E-state index is 0.0549. The Morgan fingerprint density at radius 1 is 1.22 bits per heavy atom. The van der Waals surface area contributed by atoms with Gasteiger partial charge >= 0.3 is 0 Å². The van der Waals surface area contributed by atoms with Crippen molar-refractivity contribution in [2.45, 2.75) is 59.2 Å². The number of aromatic nitrogens is 1. The molecule has 0 aliphatic carbocycles. The van der Waals surface area contributed by atoms with Gasteiger partial charge in [-0.25, -0.2) is 0 Å². The monoisotopic (exact) mass is 445 g/mol. The summed E-state index contributed by atoms with van der Waals surface area (Å²) in [6.45, 7) is 9.40. The van der Waals surface area contributed by atoms with Gasteiger partial charge in [-0.3, -0.25) is 14.4 Å². The van der Waals surface area contributed by atoms with E-state index >= 15 is 0 Å². The van der Waals surface area contributed by atoms with Gasteiger partial charge in [-0.2, -0.15) is 0 Å². The van der Waals surface area contributed by atoms with Crippen LogP contribution in [0.15, 0.2) is 23.1 Å². The average Bonchev–Trinajstić information content (AvgIpc) is 3.23. The van der Waals surface area contributed by atoms with E-state index < -0.39 is 28.8 Å². The number of carbonyl (C=O) groups is 2. The maximum Gasteiger partial charge on any atom is 0.257 e. The summed E-state index contributed by atoms with van der Waals surface area (Å²) in [5, 5.41) is 15.3. The molecule has 0 saturated heterocycles. The maximum absolute atomic E-state index is 13.2. The van der Waals surface area contributed by atoms with Crippen LogP contribution in [0.1, 0.15) is 51.4 Å². The van der Waals surface area contributed by atoms with Crippen molar-refractivity contribution >= 4 is 22.7 Å². The minimum atomic E-state index is -0.861. The van der Waals surface area contributed by atoms with Crippen molar-refractivity contribution in [3.63, 3.8) is 0 Å². The van der Waals surface area contributed by atoms with Crippen LogP contribution in [0.5, 0.6) is 11.5 Å². The van der Waals surface area contributed by atoms with E-state index in [0.717, 1.165) is 0 Å². The first kappa shape index (κ1) is 23.6. The molecule has 1 aliphatic rings. The summed E-state index contributed by atoms with van der Waals surface area (Å²) in [4.78, 5) is 39.3. The lowest BCUT2D eigenvalue weighted by atomic mass is 9.96. The van der Waals surface area contributed by atoms with Crippen molar-refractivity contribution in [2.24, 2.45) is 5.92 Å². The van der Waals surface area contributed by atoms with E-state index in [-0.39, 0.29) is 24.9 Å². The highest BCUT2D eigenvalue weighted by atomic mass is 16.7. The molecule has 174 valence electrons. The molecule has 1 aromatic carbocycles. The highest BCUT2D eigenvalue weighted by Gasteiger charge is 2.31. The van der Waals surface area contributed by atoms with Crippen molar-refractivity contribution in [3.05, 3.63) is 34.1 Å². The van der Waals surface area contributed by atoms with Crippen LogP contribution in [0.4, 0.5) is 0 Å². The number of hydrogen-bond donors (Lipinski definition) is 3. The normalized spacial score (nSPS) is 14.8. The fourth-order valence-corrected chi connectivity index (χ4v) is 3.57. The number of amides is 2. The lowest BCUT2D eigenvalue weighted by molar-refractivity contribution is -0.126. The van der Waals surface area contributed by atoms with Crippen LogP contribution in [0.2, 0.25) is 0 Å². The number of fused-ring (bicyclic) bond motifs is 2. The second-order valence-electron chi connectivity index (χ2n) is 8.75. The topological polar surface area (TPSA) is 119 Å². The quantitative estimate of drug-likeness (QED) is 0.570. The number of nitrogens with one attached hydrogen (secondary N) is 2. The van der Waals surface area contributed by atoms with Gasteiger partial charge in [0.25, 0.3) is 5.91 Å². The van der Waals surface area contributed by atoms with Crippen molar-refractivity contribution in [2.75, 3.05) is 13.4 Å². The molecule has 2 aromatic rings. The molecule has 0 radical (unpaired) electrons. The molecule has 1 unspecified atom stereocenters. The number of ether oxygens (including phenoxy) is 2. The van der Waals surface area contributed by atoms with Crippen LogP contribution in [-0.4, -0.2) is 46.5 Å². The Bertz CT molecular complexity index is 1090. The van der Waals surface area contributed by atoms with Crippen LogP contribution in [0, 0.1) is 5.92 Å². The summed E-state index contributed by atoms with van der Waals surface area (Å²) in [7, 11) is 0. The summed E-state index contributed by atoms with van der Waals surface area (Å²) < 4.78 is 12.6. The first-order valence-corrected chi connectivity index (χ1v) is 10.8. The number of nitrogens with zero attached hydrogens (tertiary/aromatic N) is 1. The molecule has 1 aromatic heterocycles.